The van der Waals surface area contributed by atoms with Crippen LogP contribution >= 0.6 is 0 Å². The molecule has 0 aliphatic carbocycles. The fourth-order valence-electron chi connectivity index (χ4n) is 2.04. The molecule has 0 aromatic carbocycles. The molecule has 7 nitrogen and oxygen atoms in total. The van der Waals surface area contributed by atoms with Crippen molar-refractivity contribution in [3.8, 4) is 0 Å². The first kappa shape index (κ1) is 15.3. The second kappa shape index (κ2) is 5.46. The van der Waals surface area contributed by atoms with Gasteiger partial charge in [-0.25, -0.2) is 9.59 Å². The molecule has 108 valence electrons. The van der Waals surface area contributed by atoms with E-state index in [2.05, 4.69) is 5.32 Å². The van der Waals surface area contributed by atoms with E-state index in [1.807, 2.05) is 0 Å². The minimum absolute atomic E-state index is 0.0765. The van der Waals surface area contributed by atoms with Gasteiger partial charge < -0.3 is 21.1 Å². The SMILES string of the molecule is CC1CCN(C(=O)NCC(C)(C)C(N)=O)C1C(=O)O. The second-order valence-electron chi connectivity index (χ2n) is 5.65. The van der Waals surface area contributed by atoms with Gasteiger partial charge in [-0.05, 0) is 26.2 Å². The summed E-state index contributed by atoms with van der Waals surface area (Å²) < 4.78 is 0. The highest BCUT2D eigenvalue weighted by Gasteiger charge is 2.40. The number of carbonyl (C=O) groups excluding carboxylic acids is 2. The number of nitrogens with zero attached hydrogens (tertiary/aromatic N) is 1. The molecule has 0 saturated carbocycles. The lowest BCUT2D eigenvalue weighted by Gasteiger charge is -2.26. The first-order chi connectivity index (χ1) is 8.66. The first-order valence-electron chi connectivity index (χ1n) is 6.24. The minimum Gasteiger partial charge on any atom is -0.480 e. The lowest BCUT2D eigenvalue weighted by atomic mass is 9.93. The third-order valence-electron chi connectivity index (χ3n) is 3.56. The number of carboxylic acid groups (broad SMARTS) is 1. The molecule has 0 spiro atoms. The van der Waals surface area contributed by atoms with E-state index in [0.717, 1.165) is 0 Å². The zero-order chi connectivity index (χ0) is 14.8. The molecule has 19 heavy (non-hydrogen) atoms. The maximum atomic E-state index is 12.0. The molecular weight excluding hydrogens is 250 g/mol. The number of urea groups is 1. The van der Waals surface area contributed by atoms with E-state index in [-0.39, 0.29) is 12.5 Å². The lowest BCUT2D eigenvalue weighted by molar-refractivity contribution is -0.142. The Morgan fingerprint density at radius 2 is 2.00 bits per heavy atom. The predicted molar refractivity (Wildman–Crippen MR) is 68.3 cm³/mol. The molecule has 1 saturated heterocycles. The Bertz CT molecular complexity index is 394. The highest BCUT2D eigenvalue weighted by Crippen LogP contribution is 2.24. The summed E-state index contributed by atoms with van der Waals surface area (Å²) in [4.78, 5) is 35.6. The van der Waals surface area contributed by atoms with Crippen LogP contribution in [0.15, 0.2) is 0 Å². The van der Waals surface area contributed by atoms with Gasteiger partial charge in [0.15, 0.2) is 0 Å². The highest BCUT2D eigenvalue weighted by atomic mass is 16.4. The smallest absolute Gasteiger partial charge is 0.326 e. The minimum atomic E-state index is -1.01. The third kappa shape index (κ3) is 3.36. The van der Waals surface area contributed by atoms with E-state index in [1.165, 1.54) is 4.90 Å². The summed E-state index contributed by atoms with van der Waals surface area (Å²) in [5.41, 5.74) is 4.35. The molecule has 1 rings (SSSR count). The van der Waals surface area contributed by atoms with E-state index in [1.54, 1.807) is 20.8 Å². The number of carbonyl (C=O) groups is 3. The number of hydrogen-bond donors (Lipinski definition) is 3. The van der Waals surface area contributed by atoms with E-state index >= 15 is 0 Å². The van der Waals surface area contributed by atoms with Crippen molar-refractivity contribution in [2.75, 3.05) is 13.1 Å². The van der Waals surface area contributed by atoms with Crippen molar-refractivity contribution in [1.82, 2.24) is 10.2 Å². The number of carboxylic acids is 1. The fourth-order valence-corrected chi connectivity index (χ4v) is 2.04. The van der Waals surface area contributed by atoms with Gasteiger partial charge in [0.2, 0.25) is 5.91 Å². The topological polar surface area (TPSA) is 113 Å². The third-order valence-corrected chi connectivity index (χ3v) is 3.56. The van der Waals surface area contributed by atoms with Gasteiger partial charge in [0, 0.05) is 13.1 Å². The number of nitrogens with one attached hydrogen (secondary N) is 1. The van der Waals surface area contributed by atoms with Crippen molar-refractivity contribution in [2.24, 2.45) is 17.1 Å². The van der Waals surface area contributed by atoms with Crippen molar-refractivity contribution in [3.63, 3.8) is 0 Å². The average molecular weight is 271 g/mol. The van der Waals surface area contributed by atoms with Crippen molar-refractivity contribution >= 4 is 17.9 Å². The van der Waals surface area contributed by atoms with Gasteiger partial charge >= 0.3 is 12.0 Å². The molecule has 0 bridgehead atoms. The Balaban J connectivity index is 2.64. The molecule has 1 heterocycles. The molecule has 1 aliphatic rings. The Morgan fingerprint density at radius 1 is 1.42 bits per heavy atom. The summed E-state index contributed by atoms with van der Waals surface area (Å²) in [5, 5.41) is 11.7. The van der Waals surface area contributed by atoms with Crippen LogP contribution in [0.1, 0.15) is 27.2 Å². The monoisotopic (exact) mass is 271 g/mol. The molecule has 0 aromatic heterocycles. The molecule has 0 aromatic rings. The number of nitrogens with two attached hydrogens (primary N) is 1. The average Bonchev–Trinajstić information content (AvgIpc) is 2.68. The Morgan fingerprint density at radius 3 is 2.47 bits per heavy atom. The molecular formula is C12H21N3O4. The second-order valence-corrected chi connectivity index (χ2v) is 5.65. The number of primary amides is 1. The highest BCUT2D eigenvalue weighted by molar-refractivity contribution is 5.85. The van der Waals surface area contributed by atoms with Gasteiger partial charge in [-0.1, -0.05) is 6.92 Å². The Kier molecular flexibility index (Phi) is 4.39. The summed E-state index contributed by atoms with van der Waals surface area (Å²) in [5.74, 6) is -1.60. The Hall–Kier alpha value is -1.79. The maximum Gasteiger partial charge on any atom is 0.326 e. The van der Waals surface area contributed by atoms with Crippen LogP contribution < -0.4 is 11.1 Å². The van der Waals surface area contributed by atoms with Crippen LogP contribution in [0.4, 0.5) is 4.79 Å². The van der Waals surface area contributed by atoms with Crippen LogP contribution in [0.5, 0.6) is 0 Å². The summed E-state index contributed by atoms with van der Waals surface area (Å²) in [6.07, 6.45) is 0.656. The van der Waals surface area contributed by atoms with E-state index in [4.69, 9.17) is 10.8 Å². The molecule has 2 atom stereocenters. The van der Waals surface area contributed by atoms with Crippen molar-refractivity contribution in [2.45, 2.75) is 33.2 Å². The van der Waals surface area contributed by atoms with E-state index < -0.39 is 29.4 Å². The van der Waals surface area contributed by atoms with Crippen LogP contribution in [0, 0.1) is 11.3 Å². The van der Waals surface area contributed by atoms with Crippen LogP contribution in [0.3, 0.4) is 0 Å². The normalized spacial score (nSPS) is 23.2. The lowest BCUT2D eigenvalue weighted by Crippen LogP contribution is -2.51. The van der Waals surface area contributed by atoms with Crippen LogP contribution in [-0.2, 0) is 9.59 Å². The van der Waals surface area contributed by atoms with Gasteiger partial charge in [-0.15, -0.1) is 0 Å². The molecule has 1 aliphatic heterocycles. The number of rotatable bonds is 4. The van der Waals surface area contributed by atoms with E-state index in [9.17, 15) is 14.4 Å². The molecule has 1 fully saturated rings. The zero-order valence-electron chi connectivity index (χ0n) is 11.5. The molecule has 7 heteroatoms. The number of likely N-dealkylation sites (tertiary alicyclic amines) is 1. The number of amides is 3. The quantitative estimate of drug-likeness (QED) is 0.668. The van der Waals surface area contributed by atoms with Crippen molar-refractivity contribution in [1.29, 1.82) is 0 Å². The van der Waals surface area contributed by atoms with Gasteiger partial charge in [0.05, 0.1) is 5.41 Å². The van der Waals surface area contributed by atoms with E-state index in [0.29, 0.717) is 13.0 Å². The largest absolute Gasteiger partial charge is 0.480 e. The fraction of sp³-hybridized carbons (Fsp3) is 0.750. The number of aliphatic carboxylic acids is 1. The van der Waals surface area contributed by atoms with Gasteiger partial charge in [0.1, 0.15) is 6.04 Å². The zero-order valence-corrected chi connectivity index (χ0v) is 11.5. The van der Waals surface area contributed by atoms with Gasteiger partial charge in [0.25, 0.3) is 0 Å². The summed E-state index contributed by atoms with van der Waals surface area (Å²) in [6, 6.07) is -1.28. The maximum absolute atomic E-state index is 12.0. The number of hydrogen-bond acceptors (Lipinski definition) is 3. The predicted octanol–water partition coefficient (Wildman–Crippen LogP) is 0.00250. The first-order valence-corrected chi connectivity index (χ1v) is 6.24. The molecule has 2 unspecified atom stereocenters. The molecule has 4 N–H and O–H groups in total. The van der Waals surface area contributed by atoms with Crippen LogP contribution in [0.2, 0.25) is 0 Å². The Labute approximate surface area is 112 Å². The summed E-state index contributed by atoms with van der Waals surface area (Å²) in [6.45, 7) is 5.53. The van der Waals surface area contributed by atoms with Gasteiger partial charge in [-0.3, -0.25) is 4.79 Å². The van der Waals surface area contributed by atoms with Gasteiger partial charge in [-0.2, -0.15) is 0 Å². The standard InChI is InChI=1S/C12H21N3O4/c1-7-4-5-15(8(7)9(16)17)11(19)14-6-12(2,3)10(13)18/h7-8H,4-6H2,1-3H3,(H2,13,18)(H,14,19)(H,16,17). The van der Waals surface area contributed by atoms with Crippen LogP contribution in [-0.4, -0.2) is 47.0 Å². The van der Waals surface area contributed by atoms with Crippen molar-refractivity contribution in [3.05, 3.63) is 0 Å². The molecule has 3 amide bonds. The summed E-state index contributed by atoms with van der Waals surface area (Å²) >= 11 is 0. The van der Waals surface area contributed by atoms with Crippen molar-refractivity contribution < 1.29 is 19.5 Å². The summed E-state index contributed by atoms with van der Waals surface area (Å²) in [7, 11) is 0. The molecule has 0 radical (unpaired) electrons. The van der Waals surface area contributed by atoms with Crippen LogP contribution in [0.25, 0.3) is 0 Å².